The van der Waals surface area contributed by atoms with Crippen LogP contribution in [-0.4, -0.2) is 21.7 Å². The number of hydrogen-bond donors (Lipinski definition) is 1. The lowest BCUT2D eigenvalue weighted by molar-refractivity contribution is -0.130. The molecule has 0 spiro atoms. The van der Waals surface area contributed by atoms with Crippen molar-refractivity contribution >= 4 is 23.2 Å². The minimum atomic E-state index is -0.177. The SMILES string of the molecule is CC(=O)N1N=C(c2ccccc2Cl)C[C@H]1c1ccc(O)cc1. The van der Waals surface area contributed by atoms with Gasteiger partial charge in [-0.15, -0.1) is 0 Å². The summed E-state index contributed by atoms with van der Waals surface area (Å²) in [5, 5.41) is 16.0. The number of benzene rings is 2. The number of phenolic OH excluding ortho intramolecular Hbond substituents is 1. The number of carbonyl (C=O) groups excluding carboxylic acids is 1. The van der Waals surface area contributed by atoms with Gasteiger partial charge < -0.3 is 5.11 Å². The van der Waals surface area contributed by atoms with E-state index in [2.05, 4.69) is 5.10 Å². The minimum Gasteiger partial charge on any atom is -0.508 e. The molecule has 1 aliphatic heterocycles. The van der Waals surface area contributed by atoms with Crippen molar-refractivity contribution < 1.29 is 9.90 Å². The Balaban J connectivity index is 1.96. The summed E-state index contributed by atoms with van der Waals surface area (Å²) in [6.45, 7) is 1.49. The smallest absolute Gasteiger partial charge is 0.240 e. The third-order valence-corrected chi connectivity index (χ3v) is 4.03. The van der Waals surface area contributed by atoms with Gasteiger partial charge in [-0.1, -0.05) is 41.9 Å². The molecule has 0 bridgehead atoms. The van der Waals surface area contributed by atoms with Crippen LogP contribution in [0, 0.1) is 0 Å². The maximum absolute atomic E-state index is 11.9. The average molecular weight is 315 g/mol. The molecule has 2 aromatic carbocycles. The van der Waals surface area contributed by atoms with Gasteiger partial charge in [-0.25, -0.2) is 5.01 Å². The zero-order valence-corrected chi connectivity index (χ0v) is 12.8. The molecule has 0 unspecified atom stereocenters. The van der Waals surface area contributed by atoms with Crippen molar-refractivity contribution in [2.75, 3.05) is 0 Å². The maximum Gasteiger partial charge on any atom is 0.240 e. The van der Waals surface area contributed by atoms with E-state index in [-0.39, 0.29) is 17.7 Å². The fourth-order valence-electron chi connectivity index (χ4n) is 2.61. The van der Waals surface area contributed by atoms with Crippen molar-refractivity contribution in [1.29, 1.82) is 0 Å². The third-order valence-electron chi connectivity index (χ3n) is 3.70. The van der Waals surface area contributed by atoms with Gasteiger partial charge in [-0.05, 0) is 23.8 Å². The highest BCUT2D eigenvalue weighted by molar-refractivity contribution is 6.34. The zero-order chi connectivity index (χ0) is 15.7. The molecule has 1 atom stereocenters. The van der Waals surface area contributed by atoms with Crippen LogP contribution in [0.25, 0.3) is 0 Å². The summed E-state index contributed by atoms with van der Waals surface area (Å²) in [6, 6.07) is 14.1. The monoisotopic (exact) mass is 314 g/mol. The second-order valence-electron chi connectivity index (χ2n) is 5.20. The van der Waals surface area contributed by atoms with Crippen molar-refractivity contribution in [3.05, 3.63) is 64.7 Å². The predicted molar refractivity (Wildman–Crippen MR) is 86.0 cm³/mol. The van der Waals surface area contributed by atoms with Gasteiger partial charge in [0.15, 0.2) is 0 Å². The zero-order valence-electron chi connectivity index (χ0n) is 12.0. The highest BCUT2D eigenvalue weighted by Gasteiger charge is 2.31. The van der Waals surface area contributed by atoms with Crippen LogP contribution in [0.3, 0.4) is 0 Å². The molecule has 1 aliphatic rings. The number of hydrogen-bond acceptors (Lipinski definition) is 3. The molecule has 0 fully saturated rings. The fraction of sp³-hybridized carbons (Fsp3) is 0.176. The second kappa shape index (κ2) is 5.81. The highest BCUT2D eigenvalue weighted by Crippen LogP contribution is 2.34. The van der Waals surface area contributed by atoms with Crippen LogP contribution in [0.5, 0.6) is 5.75 Å². The van der Waals surface area contributed by atoms with Crippen LogP contribution < -0.4 is 0 Å². The average Bonchev–Trinajstić information content (AvgIpc) is 2.93. The van der Waals surface area contributed by atoms with Gasteiger partial charge in [0.25, 0.3) is 0 Å². The number of amides is 1. The van der Waals surface area contributed by atoms with Gasteiger partial charge >= 0.3 is 0 Å². The Bertz CT molecular complexity index is 741. The largest absolute Gasteiger partial charge is 0.508 e. The van der Waals surface area contributed by atoms with Crippen molar-refractivity contribution in [3.63, 3.8) is 0 Å². The normalized spacial score (nSPS) is 17.5. The molecule has 1 heterocycles. The van der Waals surface area contributed by atoms with Gasteiger partial charge in [-0.3, -0.25) is 4.79 Å². The summed E-state index contributed by atoms with van der Waals surface area (Å²) in [5.74, 6) is 0.0727. The number of nitrogens with zero attached hydrogens (tertiary/aromatic N) is 2. The first-order valence-corrected chi connectivity index (χ1v) is 7.35. The maximum atomic E-state index is 11.9. The van der Waals surface area contributed by atoms with E-state index in [4.69, 9.17) is 11.6 Å². The van der Waals surface area contributed by atoms with Gasteiger partial charge in [0, 0.05) is 23.9 Å². The first kappa shape index (κ1) is 14.6. The third kappa shape index (κ3) is 2.70. The first-order valence-electron chi connectivity index (χ1n) is 6.97. The molecule has 0 radical (unpaired) electrons. The second-order valence-corrected chi connectivity index (χ2v) is 5.61. The summed E-state index contributed by atoms with van der Waals surface area (Å²) < 4.78 is 0. The van der Waals surface area contributed by atoms with E-state index in [1.807, 2.05) is 24.3 Å². The van der Waals surface area contributed by atoms with E-state index in [1.165, 1.54) is 11.9 Å². The molecule has 22 heavy (non-hydrogen) atoms. The lowest BCUT2D eigenvalue weighted by Gasteiger charge is -2.20. The van der Waals surface area contributed by atoms with Crippen LogP contribution in [-0.2, 0) is 4.79 Å². The van der Waals surface area contributed by atoms with E-state index >= 15 is 0 Å². The van der Waals surface area contributed by atoms with E-state index < -0.39 is 0 Å². The van der Waals surface area contributed by atoms with Gasteiger partial charge in [0.1, 0.15) is 5.75 Å². The Hall–Kier alpha value is -2.33. The molecule has 5 heteroatoms. The summed E-state index contributed by atoms with van der Waals surface area (Å²) in [7, 11) is 0. The molecule has 1 amide bonds. The number of aromatic hydroxyl groups is 1. The molecule has 0 saturated carbocycles. The number of rotatable bonds is 2. The van der Waals surface area contributed by atoms with Crippen LogP contribution >= 0.6 is 11.6 Å². The molecular weight excluding hydrogens is 300 g/mol. The molecule has 3 rings (SSSR count). The molecule has 1 N–H and O–H groups in total. The molecular formula is C17H15ClN2O2. The van der Waals surface area contributed by atoms with E-state index in [0.717, 1.165) is 16.8 Å². The van der Waals surface area contributed by atoms with Crippen LogP contribution in [0.2, 0.25) is 5.02 Å². The van der Waals surface area contributed by atoms with Crippen molar-refractivity contribution in [2.24, 2.45) is 5.10 Å². The Morgan fingerprint density at radius 2 is 1.91 bits per heavy atom. The Morgan fingerprint density at radius 1 is 1.23 bits per heavy atom. The minimum absolute atomic E-state index is 0.125. The lowest BCUT2D eigenvalue weighted by atomic mass is 9.98. The summed E-state index contributed by atoms with van der Waals surface area (Å²) >= 11 is 6.23. The fourth-order valence-corrected chi connectivity index (χ4v) is 2.86. The number of carbonyl (C=O) groups is 1. The van der Waals surface area contributed by atoms with Gasteiger partial charge in [0.05, 0.1) is 11.8 Å². The van der Waals surface area contributed by atoms with Crippen molar-refractivity contribution in [2.45, 2.75) is 19.4 Å². The summed E-state index contributed by atoms with van der Waals surface area (Å²) in [5.41, 5.74) is 2.56. The number of hydrazone groups is 1. The van der Waals surface area contributed by atoms with Crippen molar-refractivity contribution in [1.82, 2.24) is 5.01 Å². The van der Waals surface area contributed by atoms with Gasteiger partial charge in [-0.2, -0.15) is 5.10 Å². The predicted octanol–water partition coefficient (Wildman–Crippen LogP) is 3.74. The summed E-state index contributed by atoms with van der Waals surface area (Å²) in [6.07, 6.45) is 0.591. The molecule has 112 valence electrons. The quantitative estimate of drug-likeness (QED) is 0.918. The Kier molecular flexibility index (Phi) is 3.86. The highest BCUT2D eigenvalue weighted by atomic mass is 35.5. The number of halogens is 1. The van der Waals surface area contributed by atoms with Gasteiger partial charge in [0.2, 0.25) is 5.91 Å². The van der Waals surface area contributed by atoms with E-state index in [1.54, 1.807) is 24.3 Å². The molecule has 4 nitrogen and oxygen atoms in total. The Labute approximate surface area is 133 Å². The number of phenols is 1. The topological polar surface area (TPSA) is 52.9 Å². The molecule has 0 saturated heterocycles. The van der Waals surface area contributed by atoms with E-state index in [0.29, 0.717) is 11.4 Å². The molecule has 0 aliphatic carbocycles. The van der Waals surface area contributed by atoms with Crippen LogP contribution in [0.1, 0.15) is 30.5 Å². The van der Waals surface area contributed by atoms with Crippen LogP contribution in [0.4, 0.5) is 0 Å². The van der Waals surface area contributed by atoms with Crippen molar-refractivity contribution in [3.8, 4) is 5.75 Å². The lowest BCUT2D eigenvalue weighted by Crippen LogP contribution is -2.24. The van der Waals surface area contributed by atoms with Crippen LogP contribution in [0.15, 0.2) is 53.6 Å². The molecule has 2 aromatic rings. The van der Waals surface area contributed by atoms with E-state index in [9.17, 15) is 9.90 Å². The molecule has 0 aromatic heterocycles. The first-order chi connectivity index (χ1) is 10.6. The standard InChI is InChI=1S/C17H15ClN2O2/c1-11(21)20-17(12-6-8-13(22)9-7-12)10-16(19-20)14-4-2-3-5-15(14)18/h2-9,17,22H,10H2,1H3/t17-/m0/s1. The summed E-state index contributed by atoms with van der Waals surface area (Å²) in [4.78, 5) is 11.9. The Morgan fingerprint density at radius 3 is 2.55 bits per heavy atom.